The molecule has 0 saturated carbocycles. The monoisotopic (exact) mass is 371 g/mol. The van der Waals surface area contributed by atoms with Gasteiger partial charge in [-0.15, -0.1) is 11.8 Å². The fourth-order valence-electron chi connectivity index (χ4n) is 3.12. The zero-order valence-corrected chi connectivity index (χ0v) is 15.5. The molecule has 6 heteroatoms. The maximum Gasteiger partial charge on any atom is 0.326 e. The molecule has 3 rings (SSSR count). The van der Waals surface area contributed by atoms with Crippen LogP contribution in [0.3, 0.4) is 0 Å². The van der Waals surface area contributed by atoms with Gasteiger partial charge < -0.3 is 14.7 Å². The van der Waals surface area contributed by atoms with E-state index in [0.29, 0.717) is 12.2 Å². The van der Waals surface area contributed by atoms with Crippen molar-refractivity contribution in [1.82, 2.24) is 4.90 Å². The van der Waals surface area contributed by atoms with Crippen LogP contribution in [0.4, 0.5) is 0 Å². The lowest BCUT2D eigenvalue weighted by Gasteiger charge is -2.35. The van der Waals surface area contributed by atoms with E-state index in [1.807, 2.05) is 54.8 Å². The smallest absolute Gasteiger partial charge is 0.326 e. The van der Waals surface area contributed by atoms with Gasteiger partial charge in [0.25, 0.3) is 5.91 Å². The van der Waals surface area contributed by atoms with Crippen LogP contribution in [0.15, 0.2) is 53.4 Å². The Hall–Kier alpha value is -2.47. The third-order valence-electron chi connectivity index (χ3n) is 4.54. The Morgan fingerprint density at radius 1 is 1.15 bits per heavy atom. The maximum absolute atomic E-state index is 12.9. The Morgan fingerprint density at radius 3 is 2.42 bits per heavy atom. The molecule has 0 radical (unpaired) electrons. The first-order valence-electron chi connectivity index (χ1n) is 8.40. The summed E-state index contributed by atoms with van der Waals surface area (Å²) in [6, 6.07) is 14.2. The SMILES string of the molecule is CSc1ccc(OC(C)C(=O)N2Cc3ccccc3CC2C(=O)O)cc1. The number of rotatable bonds is 5. The summed E-state index contributed by atoms with van der Waals surface area (Å²) < 4.78 is 5.75. The molecular formula is C20H21NO4S. The van der Waals surface area contributed by atoms with Crippen LogP contribution in [-0.2, 0) is 22.6 Å². The lowest BCUT2D eigenvalue weighted by molar-refractivity contribution is -0.154. The molecule has 0 saturated heterocycles. The molecule has 0 aromatic heterocycles. The second kappa shape index (κ2) is 7.83. The van der Waals surface area contributed by atoms with E-state index in [4.69, 9.17) is 4.74 Å². The number of benzene rings is 2. The Balaban J connectivity index is 1.76. The van der Waals surface area contributed by atoms with Crippen molar-refractivity contribution < 1.29 is 19.4 Å². The highest BCUT2D eigenvalue weighted by Crippen LogP contribution is 2.25. The number of aliphatic carboxylic acids is 1. The van der Waals surface area contributed by atoms with Crippen LogP contribution in [0.25, 0.3) is 0 Å². The number of nitrogens with zero attached hydrogens (tertiary/aromatic N) is 1. The normalized spacial score (nSPS) is 17.3. The predicted molar refractivity (Wildman–Crippen MR) is 100 cm³/mol. The molecule has 5 nitrogen and oxygen atoms in total. The molecular weight excluding hydrogens is 350 g/mol. The molecule has 1 N–H and O–H groups in total. The van der Waals surface area contributed by atoms with Crippen LogP contribution in [0, 0.1) is 0 Å². The molecule has 26 heavy (non-hydrogen) atoms. The minimum absolute atomic E-state index is 0.283. The number of ether oxygens (including phenoxy) is 1. The number of hydrogen-bond donors (Lipinski definition) is 1. The molecule has 2 aromatic rings. The highest BCUT2D eigenvalue weighted by Gasteiger charge is 2.36. The second-order valence-corrected chi connectivity index (χ2v) is 7.11. The van der Waals surface area contributed by atoms with E-state index in [1.165, 1.54) is 4.90 Å². The van der Waals surface area contributed by atoms with Gasteiger partial charge in [0.05, 0.1) is 0 Å². The average Bonchev–Trinajstić information content (AvgIpc) is 2.66. The van der Waals surface area contributed by atoms with Crippen LogP contribution in [0.1, 0.15) is 18.1 Å². The van der Waals surface area contributed by atoms with Crippen molar-refractivity contribution >= 4 is 23.6 Å². The fraction of sp³-hybridized carbons (Fsp3) is 0.300. The first kappa shape index (κ1) is 18.3. The van der Waals surface area contributed by atoms with Crippen molar-refractivity contribution in [1.29, 1.82) is 0 Å². The number of fused-ring (bicyclic) bond motifs is 1. The molecule has 2 aromatic carbocycles. The summed E-state index contributed by atoms with van der Waals surface area (Å²) in [5.41, 5.74) is 1.96. The molecule has 2 unspecified atom stereocenters. The topological polar surface area (TPSA) is 66.8 Å². The van der Waals surface area contributed by atoms with E-state index < -0.39 is 18.1 Å². The van der Waals surface area contributed by atoms with Crippen molar-refractivity contribution in [3.8, 4) is 5.75 Å². The molecule has 2 atom stereocenters. The van der Waals surface area contributed by atoms with Gasteiger partial charge in [0.2, 0.25) is 0 Å². The van der Waals surface area contributed by atoms with Crippen molar-refractivity contribution in [2.24, 2.45) is 0 Å². The number of amides is 1. The second-order valence-electron chi connectivity index (χ2n) is 6.23. The maximum atomic E-state index is 12.9. The van der Waals surface area contributed by atoms with Gasteiger partial charge in [-0.25, -0.2) is 4.79 Å². The number of carboxylic acids is 1. The molecule has 0 bridgehead atoms. The van der Waals surface area contributed by atoms with E-state index in [-0.39, 0.29) is 12.5 Å². The Labute approximate surface area is 157 Å². The number of carboxylic acid groups (broad SMARTS) is 1. The van der Waals surface area contributed by atoms with Crippen LogP contribution < -0.4 is 4.74 Å². The van der Waals surface area contributed by atoms with Crippen LogP contribution in [0.2, 0.25) is 0 Å². The summed E-state index contributed by atoms with van der Waals surface area (Å²) in [6.45, 7) is 1.94. The zero-order chi connectivity index (χ0) is 18.7. The molecule has 1 aliphatic heterocycles. The van der Waals surface area contributed by atoms with Gasteiger partial charge in [0, 0.05) is 17.9 Å². The molecule has 0 aliphatic carbocycles. The Bertz CT molecular complexity index is 806. The van der Waals surface area contributed by atoms with Crippen LogP contribution in [-0.4, -0.2) is 40.3 Å². The molecule has 1 aliphatic rings. The van der Waals surface area contributed by atoms with E-state index in [9.17, 15) is 14.7 Å². The third-order valence-corrected chi connectivity index (χ3v) is 5.28. The quantitative estimate of drug-likeness (QED) is 0.818. The first-order valence-corrected chi connectivity index (χ1v) is 9.63. The van der Waals surface area contributed by atoms with E-state index in [1.54, 1.807) is 18.7 Å². The van der Waals surface area contributed by atoms with Crippen LogP contribution >= 0.6 is 11.8 Å². The van der Waals surface area contributed by atoms with Gasteiger partial charge >= 0.3 is 5.97 Å². The van der Waals surface area contributed by atoms with E-state index in [2.05, 4.69) is 0 Å². The van der Waals surface area contributed by atoms with Crippen molar-refractivity contribution in [3.63, 3.8) is 0 Å². The summed E-state index contributed by atoms with van der Waals surface area (Å²) in [4.78, 5) is 27.1. The summed E-state index contributed by atoms with van der Waals surface area (Å²) in [5.74, 6) is -0.724. The van der Waals surface area contributed by atoms with Gasteiger partial charge in [-0.2, -0.15) is 0 Å². The zero-order valence-electron chi connectivity index (χ0n) is 14.7. The first-order chi connectivity index (χ1) is 12.5. The Morgan fingerprint density at radius 2 is 1.81 bits per heavy atom. The van der Waals surface area contributed by atoms with Gasteiger partial charge in [-0.05, 0) is 48.6 Å². The molecule has 1 amide bonds. The number of carbonyl (C=O) groups is 2. The minimum Gasteiger partial charge on any atom is -0.481 e. The van der Waals surface area contributed by atoms with Crippen molar-refractivity contribution in [2.75, 3.05) is 6.26 Å². The minimum atomic E-state index is -0.996. The lowest BCUT2D eigenvalue weighted by Crippen LogP contribution is -2.52. The lowest BCUT2D eigenvalue weighted by atomic mass is 9.93. The summed E-state index contributed by atoms with van der Waals surface area (Å²) in [5, 5.41) is 9.58. The largest absolute Gasteiger partial charge is 0.481 e. The average molecular weight is 371 g/mol. The van der Waals surface area contributed by atoms with Crippen molar-refractivity contribution in [3.05, 3.63) is 59.7 Å². The van der Waals surface area contributed by atoms with Gasteiger partial charge in [0.15, 0.2) is 6.10 Å². The Kier molecular flexibility index (Phi) is 5.52. The van der Waals surface area contributed by atoms with Crippen molar-refractivity contribution in [2.45, 2.75) is 36.9 Å². The molecule has 0 spiro atoms. The number of thioether (sulfide) groups is 1. The van der Waals surface area contributed by atoms with Gasteiger partial charge in [0.1, 0.15) is 11.8 Å². The number of hydrogen-bond acceptors (Lipinski definition) is 4. The van der Waals surface area contributed by atoms with Gasteiger partial charge in [-0.3, -0.25) is 4.79 Å². The van der Waals surface area contributed by atoms with Crippen LogP contribution in [0.5, 0.6) is 5.75 Å². The fourth-order valence-corrected chi connectivity index (χ4v) is 3.53. The molecule has 1 heterocycles. The highest BCUT2D eigenvalue weighted by atomic mass is 32.2. The summed E-state index contributed by atoms with van der Waals surface area (Å²) in [7, 11) is 0. The summed E-state index contributed by atoms with van der Waals surface area (Å²) in [6.07, 6.45) is 1.54. The van der Waals surface area contributed by atoms with Gasteiger partial charge in [-0.1, -0.05) is 24.3 Å². The predicted octanol–water partition coefficient (Wildman–Crippen LogP) is 3.21. The third kappa shape index (κ3) is 3.85. The highest BCUT2D eigenvalue weighted by molar-refractivity contribution is 7.98. The summed E-state index contributed by atoms with van der Waals surface area (Å²) >= 11 is 1.63. The number of carbonyl (C=O) groups excluding carboxylic acids is 1. The standard InChI is InChI=1S/C20H21NO4S/c1-13(25-16-7-9-17(26-2)10-8-16)19(22)21-12-15-6-4-3-5-14(15)11-18(21)20(23)24/h3-10,13,18H,11-12H2,1-2H3,(H,23,24). The van der Waals surface area contributed by atoms with E-state index in [0.717, 1.165) is 16.0 Å². The molecule has 136 valence electrons. The molecule has 0 fully saturated rings. The van der Waals surface area contributed by atoms with E-state index >= 15 is 0 Å².